The van der Waals surface area contributed by atoms with Gasteiger partial charge in [-0.3, -0.25) is 9.59 Å². The van der Waals surface area contributed by atoms with Gasteiger partial charge in [-0.2, -0.15) is 0 Å². The van der Waals surface area contributed by atoms with Gasteiger partial charge in [-0.25, -0.2) is 14.4 Å². The van der Waals surface area contributed by atoms with E-state index in [2.05, 4.69) is 0 Å². The number of rotatable bonds is 8. The lowest BCUT2D eigenvalue weighted by Crippen LogP contribution is -2.68. The van der Waals surface area contributed by atoms with E-state index in [-0.39, 0.29) is 16.7 Å². The summed E-state index contributed by atoms with van der Waals surface area (Å²) in [6, 6.07) is 0. The van der Waals surface area contributed by atoms with E-state index in [1.807, 2.05) is 0 Å². The summed E-state index contributed by atoms with van der Waals surface area (Å²) in [6.07, 6.45) is -5.61. The highest BCUT2D eigenvalue weighted by Gasteiger charge is 2.59. The predicted octanol–water partition coefficient (Wildman–Crippen LogP) is 1.86. The highest BCUT2D eigenvalue weighted by molar-refractivity contribution is 5.89. The molecule has 0 aliphatic heterocycles. The Morgan fingerprint density at radius 2 is 0.750 bits per heavy atom. The summed E-state index contributed by atoms with van der Waals surface area (Å²) < 4.78 is 27.0. The molecule has 0 radical (unpaired) electrons. The summed E-state index contributed by atoms with van der Waals surface area (Å²) in [5.74, 6) is -4.31. The summed E-state index contributed by atoms with van der Waals surface area (Å²) >= 11 is 0. The number of aliphatic hydroxyl groups is 1. The molecule has 1 saturated carbocycles. The molecule has 0 spiro atoms. The molecule has 1 rings (SSSR count). The van der Waals surface area contributed by atoms with Crippen LogP contribution in [0.1, 0.15) is 55.4 Å². The van der Waals surface area contributed by atoms with Crippen LogP contribution >= 0.6 is 0 Å². The molecule has 0 aromatic heterocycles. The van der Waals surface area contributed by atoms with Crippen LogP contribution in [0.5, 0.6) is 0 Å². The summed E-state index contributed by atoms with van der Waals surface area (Å²) in [5.41, 5.74) is 0.506. The van der Waals surface area contributed by atoms with Crippen molar-refractivity contribution in [3.8, 4) is 0 Å². The maximum absolute atomic E-state index is 12.7. The average Bonchev–Trinajstić information content (AvgIpc) is 2.83. The first-order valence-corrected chi connectivity index (χ1v) is 11.3. The molecule has 6 atom stereocenters. The predicted molar refractivity (Wildman–Crippen MR) is 125 cm³/mol. The van der Waals surface area contributed by atoms with Crippen LogP contribution in [0.2, 0.25) is 0 Å². The van der Waals surface area contributed by atoms with Gasteiger partial charge in [-0.05, 0) is 41.5 Å². The SMILES string of the molecule is C/C=C(/C)C(=O)O[C@@H]1[C@H](OC(C)=O)[C@@H](OC(C)=O)[C@@H](OC(=O)/C(C)=C\C)[C@H](O)[C@H]1OC(=O)/C(C)=C\C. The molecule has 1 aliphatic rings. The Bertz CT molecular complexity index is 959. The molecular weight excluding hydrogens is 476 g/mol. The quantitative estimate of drug-likeness (QED) is 0.289. The first-order chi connectivity index (χ1) is 16.8. The molecule has 200 valence electrons. The van der Waals surface area contributed by atoms with E-state index in [1.165, 1.54) is 39.0 Å². The van der Waals surface area contributed by atoms with Crippen molar-refractivity contribution in [3.63, 3.8) is 0 Å². The largest absolute Gasteiger partial charge is 0.454 e. The lowest BCUT2D eigenvalue weighted by molar-refractivity contribution is -0.254. The van der Waals surface area contributed by atoms with Crippen LogP contribution in [0.4, 0.5) is 0 Å². The number of esters is 5. The van der Waals surface area contributed by atoms with E-state index >= 15 is 0 Å². The molecule has 1 aliphatic carbocycles. The van der Waals surface area contributed by atoms with E-state index in [0.29, 0.717) is 0 Å². The number of allylic oxidation sites excluding steroid dienone is 3. The molecular formula is C25H34O11. The van der Waals surface area contributed by atoms with Crippen molar-refractivity contribution in [2.45, 2.75) is 92.0 Å². The Kier molecular flexibility index (Phi) is 11.5. The molecule has 0 aromatic rings. The van der Waals surface area contributed by atoms with E-state index in [4.69, 9.17) is 23.7 Å². The zero-order chi connectivity index (χ0) is 27.7. The van der Waals surface area contributed by atoms with E-state index in [0.717, 1.165) is 13.8 Å². The van der Waals surface area contributed by atoms with E-state index in [1.54, 1.807) is 20.8 Å². The van der Waals surface area contributed by atoms with Gasteiger partial charge in [0.1, 0.15) is 6.10 Å². The average molecular weight is 511 g/mol. The number of aliphatic hydroxyl groups excluding tert-OH is 1. The summed E-state index contributed by atoms with van der Waals surface area (Å²) in [5, 5.41) is 11.2. The van der Waals surface area contributed by atoms with Crippen molar-refractivity contribution in [2.75, 3.05) is 0 Å². The van der Waals surface area contributed by atoms with Crippen LogP contribution in [-0.4, -0.2) is 71.6 Å². The van der Waals surface area contributed by atoms with Crippen molar-refractivity contribution in [1.82, 2.24) is 0 Å². The van der Waals surface area contributed by atoms with Gasteiger partial charge in [-0.1, -0.05) is 18.2 Å². The Morgan fingerprint density at radius 3 is 1.03 bits per heavy atom. The second kappa shape index (κ2) is 13.6. The summed E-state index contributed by atoms with van der Waals surface area (Å²) in [4.78, 5) is 61.8. The van der Waals surface area contributed by atoms with Crippen molar-refractivity contribution in [1.29, 1.82) is 0 Å². The fourth-order valence-corrected chi connectivity index (χ4v) is 3.20. The van der Waals surface area contributed by atoms with Crippen LogP contribution < -0.4 is 0 Å². The molecule has 1 fully saturated rings. The molecule has 0 bridgehead atoms. The Morgan fingerprint density at radius 1 is 0.500 bits per heavy atom. The standard InChI is InChI=1S/C25H34O11/c1-9-12(4)23(29)34-18-17(28)19(35-24(30)13(5)10-2)21(36-25(31)14(6)11-3)22(33-16(8)27)20(18)32-15(7)26/h9-11,17-22,28H,1-8H3/b12-9-,13-10-,14-11-/t17-,18-,19+,20-,21-,22+/m0/s1. The second-order valence-corrected chi connectivity index (χ2v) is 8.16. The third-order valence-electron chi connectivity index (χ3n) is 5.57. The van der Waals surface area contributed by atoms with Crippen molar-refractivity contribution in [3.05, 3.63) is 34.9 Å². The number of hydrogen-bond acceptors (Lipinski definition) is 11. The number of ether oxygens (including phenoxy) is 5. The molecule has 11 heteroatoms. The van der Waals surface area contributed by atoms with E-state index in [9.17, 15) is 29.1 Å². The van der Waals surface area contributed by atoms with Gasteiger partial charge in [0.25, 0.3) is 0 Å². The van der Waals surface area contributed by atoms with E-state index < -0.39 is 66.5 Å². The zero-order valence-corrected chi connectivity index (χ0v) is 21.7. The van der Waals surface area contributed by atoms with Gasteiger partial charge in [0.15, 0.2) is 30.5 Å². The fourth-order valence-electron chi connectivity index (χ4n) is 3.20. The Labute approximate surface area is 210 Å². The maximum atomic E-state index is 12.7. The molecule has 1 N–H and O–H groups in total. The number of hydrogen-bond donors (Lipinski definition) is 1. The van der Waals surface area contributed by atoms with Gasteiger partial charge in [0.05, 0.1) is 0 Å². The Balaban J connectivity index is 3.72. The third-order valence-corrected chi connectivity index (χ3v) is 5.57. The van der Waals surface area contributed by atoms with Gasteiger partial charge < -0.3 is 28.8 Å². The molecule has 0 heterocycles. The lowest BCUT2D eigenvalue weighted by Gasteiger charge is -2.46. The normalized spacial score (nSPS) is 27.0. The lowest BCUT2D eigenvalue weighted by atomic mass is 9.83. The van der Waals surface area contributed by atoms with Crippen LogP contribution in [-0.2, 0) is 47.7 Å². The van der Waals surface area contributed by atoms with Gasteiger partial charge >= 0.3 is 29.8 Å². The summed E-state index contributed by atoms with van der Waals surface area (Å²) in [7, 11) is 0. The topological polar surface area (TPSA) is 152 Å². The molecule has 0 amide bonds. The smallest absolute Gasteiger partial charge is 0.333 e. The second-order valence-electron chi connectivity index (χ2n) is 8.16. The Hall–Kier alpha value is -3.47. The molecule has 0 saturated heterocycles. The maximum Gasteiger partial charge on any atom is 0.333 e. The molecule has 0 aromatic carbocycles. The fraction of sp³-hybridized carbons (Fsp3) is 0.560. The van der Waals surface area contributed by atoms with Crippen LogP contribution in [0.25, 0.3) is 0 Å². The minimum Gasteiger partial charge on any atom is -0.454 e. The molecule has 36 heavy (non-hydrogen) atoms. The first kappa shape index (κ1) is 30.6. The van der Waals surface area contributed by atoms with Gasteiger partial charge in [0.2, 0.25) is 0 Å². The monoisotopic (exact) mass is 510 g/mol. The highest BCUT2D eigenvalue weighted by atomic mass is 16.7. The van der Waals surface area contributed by atoms with Crippen LogP contribution in [0.3, 0.4) is 0 Å². The van der Waals surface area contributed by atoms with Gasteiger partial charge in [0, 0.05) is 30.6 Å². The highest BCUT2D eigenvalue weighted by Crippen LogP contribution is 2.33. The van der Waals surface area contributed by atoms with Crippen LogP contribution in [0.15, 0.2) is 34.9 Å². The first-order valence-electron chi connectivity index (χ1n) is 11.3. The number of carbonyl (C=O) groups is 5. The molecule has 11 nitrogen and oxygen atoms in total. The van der Waals surface area contributed by atoms with Crippen molar-refractivity contribution >= 4 is 29.8 Å². The van der Waals surface area contributed by atoms with Crippen molar-refractivity contribution in [2.24, 2.45) is 0 Å². The minimum atomic E-state index is -1.84. The third kappa shape index (κ3) is 7.77. The van der Waals surface area contributed by atoms with Crippen molar-refractivity contribution < 1.29 is 52.8 Å². The summed E-state index contributed by atoms with van der Waals surface area (Å²) in [6.45, 7) is 11.2. The van der Waals surface area contributed by atoms with Gasteiger partial charge in [-0.15, -0.1) is 0 Å². The number of carbonyl (C=O) groups excluding carboxylic acids is 5. The zero-order valence-electron chi connectivity index (χ0n) is 21.7. The van der Waals surface area contributed by atoms with Crippen LogP contribution in [0, 0.1) is 0 Å². The minimum absolute atomic E-state index is 0.168. The molecule has 0 unspecified atom stereocenters.